The summed E-state index contributed by atoms with van der Waals surface area (Å²) >= 11 is 1.46. The maximum Gasteiger partial charge on any atom is 0.231 e. The van der Waals surface area contributed by atoms with Gasteiger partial charge in [0, 0.05) is 25.1 Å². The highest BCUT2D eigenvalue weighted by Crippen LogP contribution is 2.18. The van der Waals surface area contributed by atoms with Crippen LogP contribution in [0.4, 0.5) is 0 Å². The van der Waals surface area contributed by atoms with Gasteiger partial charge in [0.2, 0.25) is 5.91 Å². The lowest BCUT2D eigenvalue weighted by Gasteiger charge is -2.06. The molecule has 0 radical (unpaired) electrons. The molecule has 20 heavy (non-hydrogen) atoms. The predicted octanol–water partition coefficient (Wildman–Crippen LogP) is 1.15. The van der Waals surface area contributed by atoms with Crippen molar-refractivity contribution < 1.29 is 9.53 Å². The molecule has 108 valence electrons. The molecule has 5 nitrogen and oxygen atoms in total. The number of rotatable bonds is 9. The van der Waals surface area contributed by atoms with Crippen LogP contribution >= 0.6 is 11.8 Å². The molecule has 0 fully saturated rings. The lowest BCUT2D eigenvalue weighted by molar-refractivity contribution is -0.118. The van der Waals surface area contributed by atoms with Crippen LogP contribution in [0.1, 0.15) is 5.56 Å². The zero-order chi connectivity index (χ0) is 14.6. The summed E-state index contributed by atoms with van der Waals surface area (Å²) in [4.78, 5) is 12.4. The third-order valence-electron chi connectivity index (χ3n) is 2.47. The van der Waals surface area contributed by atoms with Crippen molar-refractivity contribution in [2.45, 2.75) is 11.4 Å². The first-order valence-corrected chi connectivity index (χ1v) is 7.30. The molecule has 1 aromatic rings. The number of amides is 1. The van der Waals surface area contributed by atoms with Gasteiger partial charge in [-0.3, -0.25) is 4.79 Å². The molecule has 0 heterocycles. The first-order chi connectivity index (χ1) is 9.76. The zero-order valence-corrected chi connectivity index (χ0v) is 12.3. The largest absolute Gasteiger partial charge is 0.383 e. The van der Waals surface area contributed by atoms with Crippen molar-refractivity contribution in [1.82, 2.24) is 10.6 Å². The van der Waals surface area contributed by atoms with Crippen LogP contribution in [0, 0.1) is 11.3 Å². The molecule has 1 rings (SSSR count). The normalized spacial score (nSPS) is 10.0. The number of thioether (sulfide) groups is 1. The van der Waals surface area contributed by atoms with Gasteiger partial charge in [0.1, 0.15) is 6.54 Å². The second kappa shape index (κ2) is 10.3. The van der Waals surface area contributed by atoms with Crippen LogP contribution in [0.5, 0.6) is 0 Å². The number of carbonyl (C=O) groups excluding carboxylic acids is 1. The van der Waals surface area contributed by atoms with E-state index in [4.69, 9.17) is 10.00 Å². The predicted molar refractivity (Wildman–Crippen MR) is 79.4 cm³/mol. The van der Waals surface area contributed by atoms with Crippen LogP contribution in [0.25, 0.3) is 0 Å². The molecule has 0 spiro atoms. The number of carbonyl (C=O) groups is 1. The van der Waals surface area contributed by atoms with Crippen LogP contribution in [0.3, 0.4) is 0 Å². The molecule has 0 aliphatic heterocycles. The van der Waals surface area contributed by atoms with E-state index in [0.717, 1.165) is 18.0 Å². The lowest BCUT2D eigenvalue weighted by atomic mass is 10.2. The van der Waals surface area contributed by atoms with Crippen molar-refractivity contribution in [1.29, 1.82) is 5.26 Å². The lowest BCUT2D eigenvalue weighted by Crippen LogP contribution is -2.25. The third kappa shape index (κ3) is 7.14. The third-order valence-corrected chi connectivity index (χ3v) is 3.48. The van der Waals surface area contributed by atoms with Gasteiger partial charge in [-0.2, -0.15) is 5.26 Å². The molecule has 2 N–H and O–H groups in total. The van der Waals surface area contributed by atoms with Gasteiger partial charge in [-0.05, 0) is 17.7 Å². The SMILES string of the molecule is COCCNCc1ccc(SCC(=O)NCC#N)cc1. The van der Waals surface area contributed by atoms with Gasteiger partial charge >= 0.3 is 0 Å². The number of nitrogens with one attached hydrogen (secondary N) is 2. The van der Waals surface area contributed by atoms with E-state index >= 15 is 0 Å². The number of ether oxygens (including phenoxy) is 1. The molecule has 0 aliphatic carbocycles. The second-order valence-corrected chi connectivity index (χ2v) is 5.09. The van der Waals surface area contributed by atoms with E-state index in [9.17, 15) is 4.79 Å². The van der Waals surface area contributed by atoms with Crippen molar-refractivity contribution in [2.75, 3.05) is 32.6 Å². The molecule has 0 unspecified atom stereocenters. The van der Waals surface area contributed by atoms with Gasteiger partial charge in [0.05, 0.1) is 18.4 Å². The number of nitrogens with zero attached hydrogens (tertiary/aromatic N) is 1. The topological polar surface area (TPSA) is 74.2 Å². The van der Waals surface area contributed by atoms with Gasteiger partial charge in [0.25, 0.3) is 0 Å². The maximum atomic E-state index is 11.3. The Bertz CT molecular complexity index is 443. The van der Waals surface area contributed by atoms with Crippen molar-refractivity contribution in [3.63, 3.8) is 0 Å². The molecule has 0 bridgehead atoms. The van der Waals surface area contributed by atoms with Gasteiger partial charge in [-0.1, -0.05) is 12.1 Å². The van der Waals surface area contributed by atoms with Crippen molar-refractivity contribution >= 4 is 17.7 Å². The summed E-state index contributed by atoms with van der Waals surface area (Å²) in [5.41, 5.74) is 1.19. The standard InChI is InChI=1S/C14H19N3O2S/c1-19-9-8-16-10-12-2-4-13(5-3-12)20-11-14(18)17-7-6-15/h2-5,16H,7-11H2,1H3,(H,17,18). The van der Waals surface area contributed by atoms with E-state index in [1.54, 1.807) is 7.11 Å². The Morgan fingerprint density at radius 1 is 1.40 bits per heavy atom. The zero-order valence-electron chi connectivity index (χ0n) is 11.5. The first-order valence-electron chi connectivity index (χ1n) is 6.31. The number of nitriles is 1. The molecule has 0 saturated carbocycles. The summed E-state index contributed by atoms with van der Waals surface area (Å²) in [6, 6.07) is 9.94. The fourth-order valence-electron chi connectivity index (χ4n) is 1.45. The minimum atomic E-state index is -0.123. The van der Waals surface area contributed by atoms with E-state index in [2.05, 4.69) is 10.6 Å². The quantitative estimate of drug-likeness (QED) is 0.406. The van der Waals surface area contributed by atoms with Gasteiger partial charge in [-0.25, -0.2) is 0 Å². The Morgan fingerprint density at radius 2 is 2.15 bits per heavy atom. The molecular weight excluding hydrogens is 274 g/mol. The van der Waals surface area contributed by atoms with Gasteiger partial charge in [0.15, 0.2) is 0 Å². The Kier molecular flexibility index (Phi) is 8.47. The first kappa shape index (κ1) is 16.5. The average Bonchev–Trinajstić information content (AvgIpc) is 2.48. The number of benzene rings is 1. The Morgan fingerprint density at radius 3 is 2.80 bits per heavy atom. The van der Waals surface area contributed by atoms with Crippen LogP contribution in [-0.2, 0) is 16.1 Å². The van der Waals surface area contributed by atoms with Crippen LogP contribution < -0.4 is 10.6 Å². The van der Waals surface area contributed by atoms with Gasteiger partial charge in [-0.15, -0.1) is 11.8 Å². The maximum absolute atomic E-state index is 11.3. The van der Waals surface area contributed by atoms with E-state index in [-0.39, 0.29) is 12.5 Å². The summed E-state index contributed by atoms with van der Waals surface area (Å²) < 4.78 is 4.96. The van der Waals surface area contributed by atoms with E-state index < -0.39 is 0 Å². The Labute approximate surface area is 123 Å². The molecule has 0 saturated heterocycles. The fraction of sp³-hybridized carbons (Fsp3) is 0.429. The highest BCUT2D eigenvalue weighted by atomic mass is 32.2. The molecule has 1 amide bonds. The van der Waals surface area contributed by atoms with E-state index in [0.29, 0.717) is 12.4 Å². The van der Waals surface area contributed by atoms with E-state index in [1.807, 2.05) is 30.3 Å². The highest BCUT2D eigenvalue weighted by molar-refractivity contribution is 8.00. The number of hydrogen-bond acceptors (Lipinski definition) is 5. The minimum absolute atomic E-state index is 0.0610. The fourth-order valence-corrected chi connectivity index (χ4v) is 2.18. The minimum Gasteiger partial charge on any atom is -0.383 e. The van der Waals surface area contributed by atoms with Crippen molar-refractivity contribution in [3.8, 4) is 6.07 Å². The summed E-state index contributed by atoms with van der Waals surface area (Å²) in [5.74, 6) is 0.203. The molecule has 0 atom stereocenters. The summed E-state index contributed by atoms with van der Waals surface area (Å²) in [6.07, 6.45) is 0. The van der Waals surface area contributed by atoms with Gasteiger partial charge < -0.3 is 15.4 Å². The molecule has 6 heteroatoms. The molecule has 0 aromatic heterocycles. The number of hydrogen-bond donors (Lipinski definition) is 2. The van der Waals surface area contributed by atoms with E-state index in [1.165, 1.54) is 17.3 Å². The second-order valence-electron chi connectivity index (χ2n) is 4.04. The van der Waals surface area contributed by atoms with Crippen LogP contribution in [-0.4, -0.2) is 38.5 Å². The highest BCUT2D eigenvalue weighted by Gasteiger charge is 2.02. The van der Waals surface area contributed by atoms with Crippen molar-refractivity contribution in [3.05, 3.63) is 29.8 Å². The number of methoxy groups -OCH3 is 1. The Hall–Kier alpha value is -1.55. The summed E-state index contributed by atoms with van der Waals surface area (Å²) in [6.45, 7) is 2.39. The van der Waals surface area contributed by atoms with Crippen molar-refractivity contribution in [2.24, 2.45) is 0 Å². The summed E-state index contributed by atoms with van der Waals surface area (Å²) in [7, 11) is 1.68. The monoisotopic (exact) mass is 293 g/mol. The molecular formula is C14H19N3O2S. The average molecular weight is 293 g/mol. The van der Waals surface area contributed by atoms with Crippen LogP contribution in [0.2, 0.25) is 0 Å². The molecule has 1 aromatic carbocycles. The smallest absolute Gasteiger partial charge is 0.231 e. The molecule has 0 aliphatic rings. The van der Waals surface area contributed by atoms with Crippen LogP contribution in [0.15, 0.2) is 29.2 Å². The Balaban J connectivity index is 2.28. The summed E-state index contributed by atoms with van der Waals surface area (Å²) in [5, 5.41) is 14.1.